The fourth-order valence-corrected chi connectivity index (χ4v) is 1.95. The molecule has 0 aromatic carbocycles. The first-order valence-corrected chi connectivity index (χ1v) is 11.7. The second kappa shape index (κ2) is 30.7. The molecule has 23 heteroatoms. The molecular weight excluding hydrogens is 1010 g/mol. The number of carbonyl (C=O) groups excluding carboxylic acids is 6. The minimum atomic E-state index is -1.61. The van der Waals surface area contributed by atoms with Gasteiger partial charge in [-0.3, -0.25) is 0 Å². The maximum absolute atomic E-state index is 9.76. The smallest absolute Gasteiger partial charge is 0.550 e. The van der Waals surface area contributed by atoms with E-state index in [-0.39, 0.29) is 44.8 Å². The number of carboxylic acids is 6. The second-order valence-electron chi connectivity index (χ2n) is 6.59. The summed E-state index contributed by atoms with van der Waals surface area (Å²) in [4.78, 5) is 58.3. The number of rotatable bonds is 14. The van der Waals surface area contributed by atoms with Crippen molar-refractivity contribution >= 4 is 91.3 Å². The van der Waals surface area contributed by atoms with E-state index < -0.39 is 102 Å². The Kier molecular flexibility index (Phi) is 39.6. The average molecular weight is 1030 g/mol. The van der Waals surface area contributed by atoms with Crippen molar-refractivity contribution in [1.29, 1.82) is 0 Å². The van der Waals surface area contributed by atoms with Gasteiger partial charge in [-0.05, 0) is 0 Å². The predicted molar refractivity (Wildman–Crippen MR) is 127 cm³/mol. The van der Waals surface area contributed by atoms with Crippen molar-refractivity contribution in [3.8, 4) is 0 Å². The normalized spacial score (nSPS) is 14.4. The van der Waals surface area contributed by atoms with E-state index in [0.717, 1.165) is 5.37 Å². The van der Waals surface area contributed by atoms with E-state index in [1.165, 1.54) is 0 Å². The number of thiocarbonyl (C=S) groups is 1. The number of carbonyl (C=O) groups is 6. The number of aliphatic hydroxyl groups is 5. The zero-order chi connectivity index (χ0) is 32.0. The first-order chi connectivity index (χ1) is 17.6. The number of hydrogen-bond acceptors (Lipinski definition) is 21. The van der Waals surface area contributed by atoms with E-state index in [4.69, 9.17) is 25.5 Å². The summed E-state index contributed by atoms with van der Waals surface area (Å²) in [6, 6.07) is 0. The van der Waals surface area contributed by atoms with Gasteiger partial charge in [0, 0.05) is 58.3 Å². The molecule has 7 unspecified atom stereocenters. The van der Waals surface area contributed by atoms with Gasteiger partial charge in [0.05, 0.1) is 24.5 Å². The van der Waals surface area contributed by atoms with Crippen molar-refractivity contribution in [2.45, 2.75) is 59.4 Å². The Hall–Kier alpha value is -0.759. The molecule has 0 saturated carbocycles. The Bertz CT molecular complexity index is 731. The summed E-state index contributed by atoms with van der Waals surface area (Å²) < 4.78 is 0. The summed E-state index contributed by atoms with van der Waals surface area (Å²) in [5.74, 6) is -8.83. The molecule has 0 spiro atoms. The van der Waals surface area contributed by atoms with Gasteiger partial charge in [-0.2, -0.15) is 37.9 Å². The summed E-state index contributed by atoms with van der Waals surface area (Å²) in [6.07, 6.45) is -7.92. The van der Waals surface area contributed by atoms with Gasteiger partial charge < -0.3 is 84.9 Å². The van der Waals surface area contributed by atoms with Crippen LogP contribution < -0.4 is 30.6 Å². The Labute approximate surface area is 285 Å². The molecule has 0 aliphatic carbocycles. The molecule has 5 N–H and O–H groups in total. The van der Waals surface area contributed by atoms with Crippen LogP contribution in [0, 0.1) is 0 Å². The van der Waals surface area contributed by atoms with Gasteiger partial charge in [0.2, 0.25) is 0 Å². The number of thiol groups is 3. The zero-order valence-electron chi connectivity index (χ0n) is 19.9. The SMILES string of the molecule is O=C([O-])CC(S)C(=O)[O-].O=C([O-])CC(S)C(=O)[O-].O=C([O-])CC(S)C(=O)[O-].OCC(O)C(O)C(O)C(O)C=S.[Au+3].[Au+3]. The molecule has 17 nitrogen and oxygen atoms in total. The van der Waals surface area contributed by atoms with E-state index >= 15 is 0 Å². The van der Waals surface area contributed by atoms with Crippen molar-refractivity contribution in [2.75, 3.05) is 6.61 Å². The molecule has 0 radical (unpaired) electrons. The van der Waals surface area contributed by atoms with Crippen LogP contribution in [-0.4, -0.2) is 113 Å². The van der Waals surface area contributed by atoms with Crippen LogP contribution in [0.2, 0.25) is 0 Å². The van der Waals surface area contributed by atoms with Crippen molar-refractivity contribution in [1.82, 2.24) is 0 Å². The molecule has 244 valence electrons. The van der Waals surface area contributed by atoms with E-state index in [1.807, 2.05) is 0 Å². The Balaban J connectivity index is -0.0000000988. The van der Waals surface area contributed by atoms with Gasteiger partial charge in [-0.1, -0.05) is 12.2 Å². The number of carboxylic acid groups (broad SMARTS) is 6. The van der Waals surface area contributed by atoms with E-state index in [1.54, 1.807) is 0 Å². The maximum Gasteiger partial charge on any atom is 3.00 e. The van der Waals surface area contributed by atoms with Crippen molar-refractivity contribution in [3.05, 3.63) is 0 Å². The van der Waals surface area contributed by atoms with Crippen LogP contribution in [0.3, 0.4) is 0 Å². The molecular formula is C18H24Au2O17S4. The average Bonchev–Trinajstić information content (AvgIpc) is 2.81. The molecule has 0 heterocycles. The first kappa shape index (κ1) is 52.9. The molecule has 0 saturated heterocycles. The fraction of sp³-hybridized carbons (Fsp3) is 0.611. The van der Waals surface area contributed by atoms with Crippen LogP contribution in [-0.2, 0) is 73.5 Å². The van der Waals surface area contributed by atoms with Gasteiger partial charge in [-0.25, -0.2) is 0 Å². The largest absolute Gasteiger partial charge is 3.00 e. The number of aliphatic carboxylic acids is 6. The molecule has 0 fully saturated rings. The summed E-state index contributed by atoms with van der Waals surface area (Å²) in [5.41, 5.74) is 0. The molecule has 0 aliphatic rings. The quantitative estimate of drug-likeness (QED) is 0.0455. The molecule has 0 amide bonds. The first-order valence-electron chi connectivity index (χ1n) is 9.70. The van der Waals surface area contributed by atoms with Gasteiger partial charge in [0.15, 0.2) is 0 Å². The van der Waals surface area contributed by atoms with Crippen LogP contribution in [0.4, 0.5) is 0 Å². The van der Waals surface area contributed by atoms with E-state index in [0.29, 0.717) is 0 Å². The summed E-state index contributed by atoms with van der Waals surface area (Å²) in [6.45, 7) is -0.692. The Morgan fingerprint density at radius 1 is 0.610 bits per heavy atom. The van der Waals surface area contributed by atoms with Gasteiger partial charge in [0.1, 0.15) is 24.4 Å². The molecule has 0 rings (SSSR count). The summed E-state index contributed by atoms with van der Waals surface area (Å²) in [7, 11) is 0. The third-order valence-electron chi connectivity index (χ3n) is 3.32. The second-order valence-corrected chi connectivity index (χ2v) is 8.73. The summed E-state index contributed by atoms with van der Waals surface area (Å²) >= 11 is 14.4. The third-order valence-corrected chi connectivity index (χ3v) is 4.78. The molecule has 41 heavy (non-hydrogen) atoms. The van der Waals surface area contributed by atoms with Crippen LogP contribution in [0.15, 0.2) is 0 Å². The van der Waals surface area contributed by atoms with E-state index in [9.17, 15) is 59.4 Å². The monoisotopic (exact) mass is 1030 g/mol. The van der Waals surface area contributed by atoms with Crippen molar-refractivity contribution in [3.63, 3.8) is 0 Å². The standard InChI is InChI=1S/C6H12O5S.3C4H6O4S.2Au/c7-1-3(8)5(10)6(11)4(9)2-12;3*5-3(6)1-2(9)4(7)8;;/h2-11H,1H2;3*2,9H,1H2,(H,5,6)(H,7,8);;/q;;;;2*+3/p-6. The van der Waals surface area contributed by atoms with Crippen molar-refractivity contribution in [2.24, 2.45) is 0 Å². The van der Waals surface area contributed by atoms with Crippen LogP contribution in [0.1, 0.15) is 19.3 Å². The van der Waals surface area contributed by atoms with Gasteiger partial charge >= 0.3 is 44.8 Å². The van der Waals surface area contributed by atoms with Crippen LogP contribution in [0.5, 0.6) is 0 Å². The number of hydrogen-bond donors (Lipinski definition) is 8. The molecule has 0 aromatic rings. The summed E-state index contributed by atoms with van der Waals surface area (Å²) in [5, 5.41) is 99.4. The molecule has 0 bridgehead atoms. The Morgan fingerprint density at radius 3 is 0.976 bits per heavy atom. The zero-order valence-corrected chi connectivity index (χ0v) is 27.8. The number of aliphatic hydroxyl groups excluding tert-OH is 5. The maximum atomic E-state index is 9.76. The molecule has 0 aliphatic heterocycles. The Morgan fingerprint density at radius 2 is 0.854 bits per heavy atom. The fourth-order valence-electron chi connectivity index (χ4n) is 1.34. The molecule has 7 atom stereocenters. The van der Waals surface area contributed by atoms with Crippen LogP contribution >= 0.6 is 50.1 Å². The van der Waals surface area contributed by atoms with Gasteiger partial charge in [0.25, 0.3) is 0 Å². The predicted octanol–water partition coefficient (Wildman–Crippen LogP) is -11.1. The van der Waals surface area contributed by atoms with Crippen molar-refractivity contribution < 1.29 is 130 Å². The minimum Gasteiger partial charge on any atom is -0.550 e. The van der Waals surface area contributed by atoms with Crippen LogP contribution in [0.25, 0.3) is 0 Å². The topological polar surface area (TPSA) is 342 Å². The third kappa shape index (κ3) is 35.3. The van der Waals surface area contributed by atoms with E-state index in [2.05, 4.69) is 50.1 Å². The van der Waals surface area contributed by atoms with Gasteiger partial charge in [-0.15, -0.1) is 0 Å². The molecule has 0 aromatic heterocycles. The minimum absolute atomic E-state index is 0.